The predicted octanol–water partition coefficient (Wildman–Crippen LogP) is 1.30. The van der Waals surface area contributed by atoms with Gasteiger partial charge < -0.3 is 5.32 Å². The van der Waals surface area contributed by atoms with Crippen LogP contribution in [0.25, 0.3) is 0 Å². The van der Waals surface area contributed by atoms with E-state index in [1.54, 1.807) is 17.1 Å². The molecule has 0 bridgehead atoms. The Hall–Kier alpha value is -1.75. The van der Waals surface area contributed by atoms with Crippen molar-refractivity contribution in [3.8, 4) is 0 Å². The highest BCUT2D eigenvalue weighted by atomic mass is 15.2. The molecule has 2 rings (SSSR count). The average Bonchev–Trinajstić information content (AvgIpc) is 2.78. The maximum atomic E-state index is 4.31. The van der Waals surface area contributed by atoms with E-state index >= 15 is 0 Å². The van der Waals surface area contributed by atoms with Crippen molar-refractivity contribution >= 4 is 0 Å². The second-order valence-corrected chi connectivity index (χ2v) is 3.94. The molecule has 17 heavy (non-hydrogen) atoms. The molecular weight excluding hydrogens is 214 g/mol. The summed E-state index contributed by atoms with van der Waals surface area (Å²) in [7, 11) is 1.91. The van der Waals surface area contributed by atoms with Crippen LogP contribution in [0.15, 0.2) is 30.9 Å². The second kappa shape index (κ2) is 5.54. The molecule has 0 aliphatic heterocycles. The van der Waals surface area contributed by atoms with Crippen LogP contribution in [0.5, 0.6) is 0 Å². The van der Waals surface area contributed by atoms with Crippen LogP contribution in [0.2, 0.25) is 0 Å². The lowest BCUT2D eigenvalue weighted by atomic mass is 10.1. The van der Waals surface area contributed by atoms with Crippen molar-refractivity contribution in [3.63, 3.8) is 0 Å². The SMILES string of the molecule is CCCNC(c1cnn(C)c1)c1ncccn1. The van der Waals surface area contributed by atoms with Gasteiger partial charge >= 0.3 is 0 Å². The zero-order valence-corrected chi connectivity index (χ0v) is 10.2. The van der Waals surface area contributed by atoms with Gasteiger partial charge in [0.05, 0.1) is 12.2 Å². The van der Waals surface area contributed by atoms with Gasteiger partial charge in [-0.15, -0.1) is 0 Å². The lowest BCUT2D eigenvalue weighted by Gasteiger charge is -2.15. The smallest absolute Gasteiger partial charge is 0.149 e. The van der Waals surface area contributed by atoms with Crippen molar-refractivity contribution in [1.29, 1.82) is 0 Å². The summed E-state index contributed by atoms with van der Waals surface area (Å²) in [4.78, 5) is 8.61. The van der Waals surface area contributed by atoms with Gasteiger partial charge in [0.15, 0.2) is 0 Å². The maximum Gasteiger partial charge on any atom is 0.149 e. The van der Waals surface area contributed by atoms with Gasteiger partial charge in [0.25, 0.3) is 0 Å². The van der Waals surface area contributed by atoms with Crippen molar-refractivity contribution in [2.75, 3.05) is 6.54 Å². The number of aryl methyl sites for hydroxylation is 1. The standard InChI is InChI=1S/C12H17N5/c1-3-5-13-11(10-8-16-17(2)9-10)12-14-6-4-7-15-12/h4,6-9,11,13H,3,5H2,1-2H3. The van der Waals surface area contributed by atoms with E-state index in [1.807, 2.05) is 25.5 Å². The van der Waals surface area contributed by atoms with Gasteiger partial charge in [-0.05, 0) is 19.0 Å². The van der Waals surface area contributed by atoms with Crippen LogP contribution in [0.4, 0.5) is 0 Å². The van der Waals surface area contributed by atoms with Crippen LogP contribution in [0.3, 0.4) is 0 Å². The van der Waals surface area contributed by atoms with Crippen molar-refractivity contribution in [2.45, 2.75) is 19.4 Å². The minimum absolute atomic E-state index is 0.0184. The molecule has 1 N–H and O–H groups in total. The summed E-state index contributed by atoms with van der Waals surface area (Å²) >= 11 is 0. The quantitative estimate of drug-likeness (QED) is 0.842. The molecule has 1 unspecified atom stereocenters. The second-order valence-electron chi connectivity index (χ2n) is 3.94. The van der Waals surface area contributed by atoms with Crippen molar-refractivity contribution in [1.82, 2.24) is 25.1 Å². The molecule has 0 aliphatic rings. The van der Waals surface area contributed by atoms with E-state index in [4.69, 9.17) is 0 Å². The Kier molecular flexibility index (Phi) is 3.82. The molecule has 0 spiro atoms. The summed E-state index contributed by atoms with van der Waals surface area (Å²) in [6.07, 6.45) is 8.44. The molecule has 5 nitrogen and oxygen atoms in total. The zero-order chi connectivity index (χ0) is 12.1. The fourth-order valence-electron chi connectivity index (χ4n) is 1.70. The van der Waals surface area contributed by atoms with Crippen LogP contribution in [-0.4, -0.2) is 26.3 Å². The molecule has 0 amide bonds. The van der Waals surface area contributed by atoms with Crippen LogP contribution < -0.4 is 5.32 Å². The predicted molar refractivity (Wildman–Crippen MR) is 65.4 cm³/mol. The largest absolute Gasteiger partial charge is 0.304 e. The van der Waals surface area contributed by atoms with Crippen molar-refractivity contribution in [3.05, 3.63) is 42.2 Å². The highest BCUT2D eigenvalue weighted by molar-refractivity contribution is 5.19. The van der Waals surface area contributed by atoms with Gasteiger partial charge in [-0.2, -0.15) is 5.10 Å². The fourth-order valence-corrected chi connectivity index (χ4v) is 1.70. The summed E-state index contributed by atoms with van der Waals surface area (Å²) in [6, 6.07) is 1.84. The van der Waals surface area contributed by atoms with E-state index < -0.39 is 0 Å². The maximum absolute atomic E-state index is 4.31. The molecule has 0 radical (unpaired) electrons. The Morgan fingerprint density at radius 3 is 2.71 bits per heavy atom. The minimum atomic E-state index is 0.0184. The van der Waals surface area contributed by atoms with Gasteiger partial charge in [-0.1, -0.05) is 6.92 Å². The summed E-state index contributed by atoms with van der Waals surface area (Å²) < 4.78 is 1.79. The number of aromatic nitrogens is 4. The number of nitrogens with one attached hydrogen (secondary N) is 1. The molecule has 2 heterocycles. The van der Waals surface area contributed by atoms with Crippen molar-refractivity contribution in [2.24, 2.45) is 7.05 Å². The first-order chi connectivity index (χ1) is 8.31. The molecule has 0 saturated carbocycles. The fraction of sp³-hybridized carbons (Fsp3) is 0.417. The van der Waals surface area contributed by atoms with E-state index in [0.717, 1.165) is 24.4 Å². The van der Waals surface area contributed by atoms with E-state index in [0.29, 0.717) is 0 Å². The molecule has 90 valence electrons. The van der Waals surface area contributed by atoms with E-state index in [1.165, 1.54) is 0 Å². The Morgan fingerprint density at radius 2 is 2.12 bits per heavy atom. The monoisotopic (exact) mass is 231 g/mol. The van der Waals surface area contributed by atoms with Crippen LogP contribution in [0.1, 0.15) is 30.8 Å². The minimum Gasteiger partial charge on any atom is -0.304 e. The molecule has 5 heteroatoms. The molecule has 0 fully saturated rings. The zero-order valence-electron chi connectivity index (χ0n) is 10.2. The number of hydrogen-bond acceptors (Lipinski definition) is 4. The van der Waals surface area contributed by atoms with Crippen LogP contribution in [0, 0.1) is 0 Å². The van der Waals surface area contributed by atoms with Crippen LogP contribution >= 0.6 is 0 Å². The average molecular weight is 231 g/mol. The topological polar surface area (TPSA) is 55.6 Å². The molecule has 0 saturated heterocycles. The molecule has 0 aliphatic carbocycles. The first-order valence-electron chi connectivity index (χ1n) is 5.80. The number of nitrogens with zero attached hydrogens (tertiary/aromatic N) is 4. The summed E-state index contributed by atoms with van der Waals surface area (Å²) in [5.74, 6) is 0.786. The van der Waals surface area contributed by atoms with Crippen LogP contribution in [-0.2, 0) is 7.05 Å². The first-order valence-corrected chi connectivity index (χ1v) is 5.80. The Labute approximate surface area is 101 Å². The summed E-state index contributed by atoms with van der Waals surface area (Å²) in [5, 5.41) is 7.63. The van der Waals surface area contributed by atoms with E-state index in [2.05, 4.69) is 27.3 Å². The molecule has 1 atom stereocenters. The van der Waals surface area contributed by atoms with E-state index in [-0.39, 0.29) is 6.04 Å². The Balaban J connectivity index is 2.25. The summed E-state index contributed by atoms with van der Waals surface area (Å²) in [6.45, 7) is 3.07. The van der Waals surface area contributed by atoms with Gasteiger partial charge in [-0.25, -0.2) is 9.97 Å². The molecule has 2 aromatic heterocycles. The lowest BCUT2D eigenvalue weighted by Crippen LogP contribution is -2.24. The van der Waals surface area contributed by atoms with Gasteiger partial charge in [-0.3, -0.25) is 4.68 Å². The Bertz CT molecular complexity index is 451. The third-order valence-electron chi connectivity index (χ3n) is 2.50. The van der Waals surface area contributed by atoms with Gasteiger partial charge in [0, 0.05) is 31.2 Å². The highest BCUT2D eigenvalue weighted by Crippen LogP contribution is 2.17. The highest BCUT2D eigenvalue weighted by Gasteiger charge is 2.17. The normalized spacial score (nSPS) is 12.6. The molecular formula is C12H17N5. The van der Waals surface area contributed by atoms with E-state index in [9.17, 15) is 0 Å². The van der Waals surface area contributed by atoms with Gasteiger partial charge in [0.2, 0.25) is 0 Å². The third-order valence-corrected chi connectivity index (χ3v) is 2.50. The third kappa shape index (κ3) is 2.88. The summed E-state index contributed by atoms with van der Waals surface area (Å²) in [5.41, 5.74) is 1.09. The van der Waals surface area contributed by atoms with Crippen molar-refractivity contribution < 1.29 is 0 Å². The molecule has 2 aromatic rings. The lowest BCUT2D eigenvalue weighted by molar-refractivity contribution is 0.571. The molecule has 0 aromatic carbocycles. The van der Waals surface area contributed by atoms with Gasteiger partial charge in [0.1, 0.15) is 5.82 Å². The first kappa shape index (κ1) is 11.7. The number of hydrogen-bond donors (Lipinski definition) is 1. The Morgan fingerprint density at radius 1 is 1.35 bits per heavy atom. The number of rotatable bonds is 5.